The summed E-state index contributed by atoms with van der Waals surface area (Å²) in [5, 5.41) is 9.11. The van der Waals surface area contributed by atoms with E-state index in [9.17, 15) is 4.79 Å². The van der Waals surface area contributed by atoms with Gasteiger partial charge in [-0.2, -0.15) is 0 Å². The van der Waals surface area contributed by atoms with Crippen LogP contribution in [0.15, 0.2) is 24.3 Å². The van der Waals surface area contributed by atoms with Gasteiger partial charge in [-0.3, -0.25) is 0 Å². The van der Waals surface area contributed by atoms with Crippen molar-refractivity contribution in [2.45, 2.75) is 52.7 Å². The molecule has 0 aliphatic heterocycles. The number of hydrogen-bond donors (Lipinski definition) is 1. The van der Waals surface area contributed by atoms with Crippen molar-refractivity contribution in [3.63, 3.8) is 0 Å². The predicted octanol–water partition coefficient (Wildman–Crippen LogP) is 3.63. The van der Waals surface area contributed by atoms with Crippen LogP contribution in [0.1, 0.15) is 45.2 Å². The van der Waals surface area contributed by atoms with E-state index in [1.807, 2.05) is 45.0 Å². The summed E-state index contributed by atoms with van der Waals surface area (Å²) in [5.41, 5.74) is 1.58. The Bertz CT molecular complexity index is 525. The Balaban J connectivity index is 2.85. The van der Waals surface area contributed by atoms with Crippen molar-refractivity contribution in [3.05, 3.63) is 35.4 Å². The van der Waals surface area contributed by atoms with Gasteiger partial charge in [0.15, 0.2) is 0 Å². The van der Waals surface area contributed by atoms with E-state index in [0.717, 1.165) is 17.5 Å². The summed E-state index contributed by atoms with van der Waals surface area (Å²) in [6, 6.07) is 7.98. The molecule has 142 valence electrons. The Morgan fingerprint density at radius 3 is 2.56 bits per heavy atom. The molecular formula is C20H33NO4. The second-order valence-electron chi connectivity index (χ2n) is 7.54. The first-order valence-electron chi connectivity index (χ1n) is 8.90. The minimum Gasteiger partial charge on any atom is -0.444 e. The summed E-state index contributed by atoms with van der Waals surface area (Å²) < 4.78 is 10.7. The summed E-state index contributed by atoms with van der Waals surface area (Å²) in [7, 11) is 1.69. The van der Waals surface area contributed by atoms with E-state index in [1.165, 1.54) is 0 Å². The molecule has 1 aromatic carbocycles. The maximum atomic E-state index is 12.6. The monoisotopic (exact) mass is 351 g/mol. The van der Waals surface area contributed by atoms with Crippen LogP contribution in [-0.2, 0) is 22.4 Å². The lowest BCUT2D eigenvalue weighted by atomic mass is 10.1. The van der Waals surface area contributed by atoms with Crippen molar-refractivity contribution in [1.82, 2.24) is 4.90 Å². The van der Waals surface area contributed by atoms with E-state index in [-0.39, 0.29) is 12.7 Å². The van der Waals surface area contributed by atoms with Crippen LogP contribution in [0.25, 0.3) is 0 Å². The molecule has 1 amide bonds. The summed E-state index contributed by atoms with van der Waals surface area (Å²) in [6.07, 6.45) is 1.20. The largest absolute Gasteiger partial charge is 0.444 e. The number of hydrogen-bond acceptors (Lipinski definition) is 4. The Morgan fingerprint density at radius 1 is 1.28 bits per heavy atom. The zero-order valence-corrected chi connectivity index (χ0v) is 16.2. The van der Waals surface area contributed by atoms with Crippen LogP contribution in [0.3, 0.4) is 0 Å². The SMILES string of the molecule is COCCC(C)CN(Cc1cccc(CCO)c1)C(=O)OC(C)(C)C. The van der Waals surface area contributed by atoms with Crippen LogP contribution < -0.4 is 0 Å². The van der Waals surface area contributed by atoms with Gasteiger partial charge in [0.05, 0.1) is 0 Å². The van der Waals surface area contributed by atoms with Crippen molar-refractivity contribution in [3.8, 4) is 0 Å². The first kappa shape index (κ1) is 21.5. The van der Waals surface area contributed by atoms with Gasteiger partial charge in [0.25, 0.3) is 0 Å². The number of carbonyl (C=O) groups is 1. The molecule has 1 rings (SSSR count). The maximum absolute atomic E-state index is 12.6. The highest BCUT2D eigenvalue weighted by molar-refractivity contribution is 5.68. The van der Waals surface area contributed by atoms with Gasteiger partial charge in [0.1, 0.15) is 5.60 Å². The molecule has 0 aliphatic rings. The lowest BCUT2D eigenvalue weighted by Gasteiger charge is -2.29. The molecule has 5 nitrogen and oxygen atoms in total. The van der Waals surface area contributed by atoms with Gasteiger partial charge in [0, 0.05) is 33.4 Å². The topological polar surface area (TPSA) is 59.0 Å². The van der Waals surface area contributed by atoms with Crippen molar-refractivity contribution < 1.29 is 19.4 Å². The summed E-state index contributed by atoms with van der Waals surface area (Å²) in [5.74, 6) is 0.313. The highest BCUT2D eigenvalue weighted by atomic mass is 16.6. The van der Waals surface area contributed by atoms with E-state index < -0.39 is 5.60 Å². The third kappa shape index (κ3) is 8.89. The van der Waals surface area contributed by atoms with Crippen LogP contribution in [0.5, 0.6) is 0 Å². The lowest BCUT2D eigenvalue weighted by molar-refractivity contribution is 0.0197. The van der Waals surface area contributed by atoms with Gasteiger partial charge in [-0.25, -0.2) is 4.79 Å². The number of nitrogens with zero attached hydrogens (tertiary/aromatic N) is 1. The minimum atomic E-state index is -0.524. The number of aliphatic hydroxyl groups is 1. The standard InChI is InChI=1S/C20H33NO4/c1-16(10-12-24-5)14-21(19(23)25-20(2,3)4)15-18-8-6-7-17(13-18)9-11-22/h6-8,13,16,22H,9-12,14-15H2,1-5H3. The van der Waals surface area contributed by atoms with Gasteiger partial charge in [-0.15, -0.1) is 0 Å². The first-order chi connectivity index (χ1) is 11.7. The van der Waals surface area contributed by atoms with E-state index in [0.29, 0.717) is 32.0 Å². The maximum Gasteiger partial charge on any atom is 0.410 e. The Kier molecular flexibility index (Phi) is 8.93. The fourth-order valence-electron chi connectivity index (χ4n) is 2.55. The van der Waals surface area contributed by atoms with Crippen LogP contribution in [0.4, 0.5) is 4.79 Å². The molecule has 0 aliphatic carbocycles. The molecule has 0 bridgehead atoms. The zero-order chi connectivity index (χ0) is 18.9. The second kappa shape index (κ2) is 10.4. The average molecular weight is 351 g/mol. The number of aliphatic hydroxyl groups excluding tert-OH is 1. The molecule has 25 heavy (non-hydrogen) atoms. The van der Waals surface area contributed by atoms with Crippen LogP contribution >= 0.6 is 0 Å². The van der Waals surface area contributed by atoms with Crippen LogP contribution in [0, 0.1) is 5.92 Å². The molecule has 1 atom stereocenters. The molecule has 0 fully saturated rings. The summed E-state index contributed by atoms with van der Waals surface area (Å²) >= 11 is 0. The molecule has 0 radical (unpaired) electrons. The fraction of sp³-hybridized carbons (Fsp3) is 0.650. The van der Waals surface area contributed by atoms with Crippen molar-refractivity contribution >= 4 is 6.09 Å². The van der Waals surface area contributed by atoms with Crippen molar-refractivity contribution in [2.24, 2.45) is 5.92 Å². The number of amides is 1. The third-order valence-corrected chi connectivity index (χ3v) is 3.76. The van der Waals surface area contributed by atoms with Gasteiger partial charge < -0.3 is 19.5 Å². The molecule has 0 saturated carbocycles. The molecule has 0 spiro atoms. The molecular weight excluding hydrogens is 318 g/mol. The Morgan fingerprint density at radius 2 is 1.96 bits per heavy atom. The molecule has 0 saturated heterocycles. The van der Waals surface area contributed by atoms with Gasteiger partial charge in [-0.1, -0.05) is 31.2 Å². The smallest absolute Gasteiger partial charge is 0.410 e. The van der Waals surface area contributed by atoms with E-state index in [2.05, 4.69) is 6.92 Å². The van der Waals surface area contributed by atoms with E-state index >= 15 is 0 Å². The minimum absolute atomic E-state index is 0.118. The quantitative estimate of drug-likeness (QED) is 0.738. The molecule has 1 unspecified atom stereocenters. The predicted molar refractivity (Wildman–Crippen MR) is 99.5 cm³/mol. The summed E-state index contributed by atoms with van der Waals surface area (Å²) in [6.45, 7) is 9.63. The van der Waals surface area contributed by atoms with E-state index in [4.69, 9.17) is 14.6 Å². The van der Waals surface area contributed by atoms with Crippen LogP contribution in [0.2, 0.25) is 0 Å². The van der Waals surface area contributed by atoms with Crippen LogP contribution in [-0.4, -0.2) is 48.6 Å². The Hall–Kier alpha value is -1.59. The second-order valence-corrected chi connectivity index (χ2v) is 7.54. The number of carbonyl (C=O) groups excluding carboxylic acids is 1. The number of ether oxygens (including phenoxy) is 2. The molecule has 1 N–H and O–H groups in total. The van der Waals surface area contributed by atoms with Crippen molar-refractivity contribution in [1.29, 1.82) is 0 Å². The average Bonchev–Trinajstić information content (AvgIpc) is 2.51. The van der Waals surface area contributed by atoms with Gasteiger partial charge in [-0.05, 0) is 50.7 Å². The Labute approximate surface area is 151 Å². The molecule has 0 heterocycles. The molecule has 0 aromatic heterocycles. The summed E-state index contributed by atoms with van der Waals surface area (Å²) in [4.78, 5) is 14.4. The fourth-order valence-corrected chi connectivity index (χ4v) is 2.55. The van der Waals surface area contributed by atoms with Gasteiger partial charge in [0.2, 0.25) is 0 Å². The number of benzene rings is 1. The molecule has 5 heteroatoms. The first-order valence-corrected chi connectivity index (χ1v) is 8.90. The zero-order valence-electron chi connectivity index (χ0n) is 16.2. The highest BCUT2D eigenvalue weighted by Gasteiger charge is 2.23. The third-order valence-electron chi connectivity index (χ3n) is 3.76. The van der Waals surface area contributed by atoms with E-state index in [1.54, 1.807) is 12.0 Å². The number of methoxy groups -OCH3 is 1. The normalized spacial score (nSPS) is 12.7. The lowest BCUT2D eigenvalue weighted by Crippen LogP contribution is -2.39. The number of rotatable bonds is 9. The highest BCUT2D eigenvalue weighted by Crippen LogP contribution is 2.16. The molecule has 1 aromatic rings. The van der Waals surface area contributed by atoms with Crippen molar-refractivity contribution in [2.75, 3.05) is 26.9 Å². The van der Waals surface area contributed by atoms with Gasteiger partial charge >= 0.3 is 6.09 Å².